The minimum Gasteiger partial charge on any atom is -0.338 e. The first kappa shape index (κ1) is 14.8. The van der Waals surface area contributed by atoms with Gasteiger partial charge in [0, 0.05) is 31.0 Å². The van der Waals surface area contributed by atoms with E-state index in [0.29, 0.717) is 12.6 Å². The molecule has 0 saturated heterocycles. The smallest absolute Gasteiger partial charge is 0.315 e. The van der Waals surface area contributed by atoms with Crippen LogP contribution in [0.2, 0.25) is 0 Å². The van der Waals surface area contributed by atoms with Crippen molar-refractivity contribution in [2.75, 3.05) is 6.54 Å². The van der Waals surface area contributed by atoms with E-state index in [9.17, 15) is 4.79 Å². The van der Waals surface area contributed by atoms with Crippen LogP contribution in [-0.4, -0.2) is 33.2 Å². The maximum Gasteiger partial charge on any atom is 0.315 e. The zero-order chi connectivity index (χ0) is 15.4. The van der Waals surface area contributed by atoms with E-state index in [2.05, 4.69) is 20.7 Å². The van der Waals surface area contributed by atoms with Crippen LogP contribution in [0.4, 0.5) is 4.79 Å². The Kier molecular flexibility index (Phi) is 4.56. The second kappa shape index (κ2) is 6.77. The molecule has 1 aliphatic carbocycles. The minimum absolute atomic E-state index is 0.0387. The lowest BCUT2D eigenvalue weighted by Gasteiger charge is -2.12. The van der Waals surface area contributed by atoms with Crippen LogP contribution in [0.3, 0.4) is 0 Å². The van der Waals surface area contributed by atoms with E-state index in [4.69, 9.17) is 0 Å². The van der Waals surface area contributed by atoms with Crippen LogP contribution in [0.15, 0.2) is 18.5 Å². The number of carbonyl (C=O) groups excluding carboxylic acids is 1. The third-order valence-electron chi connectivity index (χ3n) is 4.11. The maximum absolute atomic E-state index is 11.7. The van der Waals surface area contributed by atoms with Gasteiger partial charge in [-0.05, 0) is 38.2 Å². The van der Waals surface area contributed by atoms with Crippen molar-refractivity contribution in [1.29, 1.82) is 0 Å². The first-order chi connectivity index (χ1) is 10.7. The number of hydrogen-bond acceptors (Lipinski definition) is 3. The van der Waals surface area contributed by atoms with Gasteiger partial charge in [0.25, 0.3) is 0 Å². The van der Waals surface area contributed by atoms with Crippen LogP contribution in [0, 0.1) is 6.92 Å². The number of urea groups is 1. The lowest BCUT2D eigenvalue weighted by Crippen LogP contribution is -2.41. The van der Waals surface area contributed by atoms with Gasteiger partial charge in [0.2, 0.25) is 0 Å². The van der Waals surface area contributed by atoms with Gasteiger partial charge in [-0.3, -0.25) is 0 Å². The molecule has 0 aromatic carbocycles. The molecule has 0 spiro atoms. The fourth-order valence-electron chi connectivity index (χ4n) is 2.96. The van der Waals surface area contributed by atoms with Crippen molar-refractivity contribution in [2.45, 2.75) is 51.5 Å². The van der Waals surface area contributed by atoms with E-state index in [1.54, 1.807) is 0 Å². The van der Waals surface area contributed by atoms with Gasteiger partial charge in [0.1, 0.15) is 0 Å². The van der Waals surface area contributed by atoms with E-state index in [1.807, 2.05) is 29.9 Å². The van der Waals surface area contributed by atoms with E-state index < -0.39 is 0 Å². The summed E-state index contributed by atoms with van der Waals surface area (Å²) in [5.41, 5.74) is 2.97. The zero-order valence-electron chi connectivity index (χ0n) is 13.0. The highest BCUT2D eigenvalue weighted by atomic mass is 16.2. The summed E-state index contributed by atoms with van der Waals surface area (Å²) in [5.74, 6) is 0. The van der Waals surface area contributed by atoms with Gasteiger partial charge in [0.15, 0.2) is 5.65 Å². The summed E-state index contributed by atoms with van der Waals surface area (Å²) in [4.78, 5) is 16.1. The zero-order valence-corrected chi connectivity index (χ0v) is 13.0. The number of nitrogens with one attached hydrogen (secondary N) is 2. The van der Waals surface area contributed by atoms with E-state index in [1.165, 1.54) is 12.8 Å². The molecule has 3 rings (SSSR count). The SMILES string of the molecule is Cc1cc2ncc(CCCNC(=O)NC3CCCC3)cn2n1. The molecule has 2 amide bonds. The molecule has 0 atom stereocenters. The third-order valence-corrected chi connectivity index (χ3v) is 4.11. The Morgan fingerprint density at radius 1 is 1.41 bits per heavy atom. The largest absolute Gasteiger partial charge is 0.338 e. The molecule has 2 heterocycles. The highest BCUT2D eigenvalue weighted by molar-refractivity contribution is 5.74. The maximum atomic E-state index is 11.7. The van der Waals surface area contributed by atoms with Gasteiger partial charge in [-0.15, -0.1) is 0 Å². The van der Waals surface area contributed by atoms with Crippen LogP contribution < -0.4 is 10.6 Å². The van der Waals surface area contributed by atoms with Gasteiger partial charge < -0.3 is 10.6 Å². The summed E-state index contributed by atoms with van der Waals surface area (Å²) in [5, 5.41) is 10.3. The molecule has 1 saturated carbocycles. The summed E-state index contributed by atoms with van der Waals surface area (Å²) in [6.07, 6.45) is 10.4. The third kappa shape index (κ3) is 3.75. The number of aromatic nitrogens is 3. The predicted octanol–water partition coefficient (Wildman–Crippen LogP) is 2.21. The molecule has 0 unspecified atom stereocenters. The van der Waals surface area contributed by atoms with Crippen LogP contribution in [0.5, 0.6) is 0 Å². The van der Waals surface area contributed by atoms with Crippen molar-refractivity contribution < 1.29 is 4.79 Å². The Morgan fingerprint density at radius 2 is 2.23 bits per heavy atom. The Hall–Kier alpha value is -2.11. The summed E-state index contributed by atoms with van der Waals surface area (Å²) >= 11 is 0. The molecule has 2 N–H and O–H groups in total. The number of carbonyl (C=O) groups is 1. The van der Waals surface area contributed by atoms with Crippen LogP contribution >= 0.6 is 0 Å². The topological polar surface area (TPSA) is 71.3 Å². The lowest BCUT2D eigenvalue weighted by molar-refractivity contribution is 0.237. The molecule has 118 valence electrons. The molecule has 0 radical (unpaired) electrons. The molecule has 1 fully saturated rings. The fraction of sp³-hybridized carbons (Fsp3) is 0.562. The molecular weight excluding hydrogens is 278 g/mol. The van der Waals surface area contributed by atoms with Crippen molar-refractivity contribution in [3.05, 3.63) is 29.7 Å². The number of rotatable bonds is 5. The van der Waals surface area contributed by atoms with Crippen molar-refractivity contribution in [2.24, 2.45) is 0 Å². The highest BCUT2D eigenvalue weighted by Crippen LogP contribution is 2.17. The highest BCUT2D eigenvalue weighted by Gasteiger charge is 2.16. The van der Waals surface area contributed by atoms with Crippen LogP contribution in [0.25, 0.3) is 5.65 Å². The van der Waals surface area contributed by atoms with E-state index >= 15 is 0 Å². The van der Waals surface area contributed by atoms with Crippen LogP contribution in [0.1, 0.15) is 43.4 Å². The average Bonchev–Trinajstić information content (AvgIpc) is 3.11. The molecule has 0 bridgehead atoms. The summed E-state index contributed by atoms with van der Waals surface area (Å²) in [6, 6.07) is 2.29. The van der Waals surface area contributed by atoms with Crippen molar-refractivity contribution in [1.82, 2.24) is 25.2 Å². The molecule has 1 aliphatic rings. The standard InChI is InChI=1S/C16H23N5O/c1-12-9-15-18-10-13(11-21(15)20-12)5-4-8-17-16(22)19-14-6-2-3-7-14/h9-11,14H,2-8H2,1H3,(H2,17,19,22). The lowest BCUT2D eigenvalue weighted by atomic mass is 10.2. The number of nitrogens with zero attached hydrogens (tertiary/aromatic N) is 3. The van der Waals surface area contributed by atoms with Crippen molar-refractivity contribution >= 4 is 11.7 Å². The molecule has 0 aliphatic heterocycles. The van der Waals surface area contributed by atoms with Gasteiger partial charge in [-0.1, -0.05) is 12.8 Å². The fourth-order valence-corrected chi connectivity index (χ4v) is 2.96. The van der Waals surface area contributed by atoms with Gasteiger partial charge in [-0.25, -0.2) is 14.3 Å². The second-order valence-electron chi connectivity index (χ2n) is 6.04. The Balaban J connectivity index is 1.40. The number of aryl methyl sites for hydroxylation is 2. The summed E-state index contributed by atoms with van der Waals surface area (Å²) in [6.45, 7) is 2.63. The van der Waals surface area contributed by atoms with Gasteiger partial charge in [-0.2, -0.15) is 5.10 Å². The molecule has 2 aromatic heterocycles. The van der Waals surface area contributed by atoms with Gasteiger partial charge in [0.05, 0.1) is 5.69 Å². The average molecular weight is 301 g/mol. The Bertz CT molecular complexity index is 645. The predicted molar refractivity (Wildman–Crippen MR) is 84.8 cm³/mol. The second-order valence-corrected chi connectivity index (χ2v) is 6.04. The molecule has 2 aromatic rings. The number of fused-ring (bicyclic) bond motifs is 1. The first-order valence-electron chi connectivity index (χ1n) is 8.06. The summed E-state index contributed by atoms with van der Waals surface area (Å²) in [7, 11) is 0. The number of hydrogen-bond donors (Lipinski definition) is 2. The van der Waals surface area contributed by atoms with Crippen LogP contribution in [-0.2, 0) is 6.42 Å². The van der Waals surface area contributed by atoms with Crippen molar-refractivity contribution in [3.63, 3.8) is 0 Å². The van der Waals surface area contributed by atoms with Gasteiger partial charge >= 0.3 is 6.03 Å². The quantitative estimate of drug-likeness (QED) is 0.832. The number of amides is 2. The minimum atomic E-state index is -0.0387. The van der Waals surface area contributed by atoms with Crippen molar-refractivity contribution in [3.8, 4) is 0 Å². The molecular formula is C16H23N5O. The molecule has 6 heteroatoms. The van der Waals surface area contributed by atoms with E-state index in [0.717, 1.165) is 42.6 Å². The molecule has 22 heavy (non-hydrogen) atoms. The molecule has 6 nitrogen and oxygen atoms in total. The normalized spacial score (nSPS) is 15.3. The monoisotopic (exact) mass is 301 g/mol. The Labute approximate surface area is 130 Å². The van der Waals surface area contributed by atoms with E-state index in [-0.39, 0.29) is 6.03 Å². The first-order valence-corrected chi connectivity index (χ1v) is 8.06. The Morgan fingerprint density at radius 3 is 3.05 bits per heavy atom. The summed E-state index contributed by atoms with van der Waals surface area (Å²) < 4.78 is 1.81.